The van der Waals surface area contributed by atoms with Gasteiger partial charge in [0.1, 0.15) is 0 Å². The van der Waals surface area contributed by atoms with Gasteiger partial charge in [-0.15, -0.1) is 0 Å². The van der Waals surface area contributed by atoms with Crippen molar-refractivity contribution in [3.8, 4) is 0 Å². The molecule has 0 saturated heterocycles. The lowest BCUT2D eigenvalue weighted by molar-refractivity contribution is -0.0682. The summed E-state index contributed by atoms with van der Waals surface area (Å²) in [5.74, 6) is 0. The highest BCUT2D eigenvalue weighted by Crippen LogP contribution is 2.41. The molecule has 0 spiro atoms. The van der Waals surface area contributed by atoms with Crippen LogP contribution < -0.4 is 0 Å². The van der Waals surface area contributed by atoms with Gasteiger partial charge in [-0.25, -0.2) is 0 Å². The minimum absolute atomic E-state index is 0.249. The summed E-state index contributed by atoms with van der Waals surface area (Å²) in [6, 6.07) is 15.8. The molecule has 2 aromatic carbocycles. The molecule has 0 fully saturated rings. The van der Waals surface area contributed by atoms with Crippen molar-refractivity contribution in [2.75, 3.05) is 0 Å². The molecule has 1 heterocycles. The number of allylic oxidation sites excluding steroid dienone is 1. The summed E-state index contributed by atoms with van der Waals surface area (Å²) in [6.07, 6.45) is -3.21. The molecule has 0 aliphatic heterocycles. The maximum absolute atomic E-state index is 13.7. The van der Waals surface area contributed by atoms with Crippen LogP contribution in [0.2, 0.25) is 0 Å². The van der Waals surface area contributed by atoms with E-state index in [0.29, 0.717) is 16.6 Å². The monoisotopic (exact) mass is 315 g/mol. The van der Waals surface area contributed by atoms with Crippen molar-refractivity contribution < 1.29 is 13.2 Å². The molecule has 0 saturated carbocycles. The van der Waals surface area contributed by atoms with Crippen LogP contribution in [0.4, 0.5) is 13.2 Å². The molecule has 118 valence electrons. The number of hydrogen-bond donors (Lipinski definition) is 0. The molecular formula is C19H16F3N. The van der Waals surface area contributed by atoms with Crippen molar-refractivity contribution >= 4 is 22.6 Å². The fourth-order valence-corrected chi connectivity index (χ4v) is 2.87. The Bertz CT molecular complexity index is 871. The first-order chi connectivity index (χ1) is 10.9. The predicted molar refractivity (Wildman–Crippen MR) is 88.0 cm³/mol. The van der Waals surface area contributed by atoms with Gasteiger partial charge in [0, 0.05) is 29.2 Å². The smallest absolute Gasteiger partial charge is 0.347 e. The number of aryl methyl sites for hydroxylation is 1. The maximum atomic E-state index is 13.7. The largest absolute Gasteiger partial charge is 0.417 e. The highest BCUT2D eigenvalue weighted by atomic mass is 19.4. The number of nitrogens with zero attached hydrogens (tertiary/aromatic N) is 1. The third-order valence-corrected chi connectivity index (χ3v) is 4.08. The normalized spacial score (nSPS) is 12.8. The van der Waals surface area contributed by atoms with Gasteiger partial charge in [-0.2, -0.15) is 13.2 Å². The van der Waals surface area contributed by atoms with Crippen molar-refractivity contribution in [1.82, 2.24) is 4.57 Å². The van der Waals surface area contributed by atoms with E-state index in [1.807, 2.05) is 12.1 Å². The summed E-state index contributed by atoms with van der Waals surface area (Å²) in [4.78, 5) is 0. The molecule has 1 aromatic heterocycles. The number of alkyl halides is 3. The lowest BCUT2D eigenvalue weighted by atomic mass is 9.99. The van der Waals surface area contributed by atoms with E-state index in [1.54, 1.807) is 61.0 Å². The second-order valence-corrected chi connectivity index (χ2v) is 5.50. The number of benzene rings is 2. The molecule has 23 heavy (non-hydrogen) atoms. The number of para-hydroxylation sites is 1. The van der Waals surface area contributed by atoms with Crippen molar-refractivity contribution in [2.45, 2.75) is 13.1 Å². The first-order valence-corrected chi connectivity index (χ1v) is 7.28. The van der Waals surface area contributed by atoms with Crippen LogP contribution in [-0.4, -0.2) is 10.7 Å². The Balaban J connectivity index is 2.32. The molecule has 0 N–H and O–H groups in total. The summed E-state index contributed by atoms with van der Waals surface area (Å²) >= 11 is 0. The summed E-state index contributed by atoms with van der Waals surface area (Å²) < 4.78 is 43.0. The number of hydrogen-bond acceptors (Lipinski definition) is 0. The van der Waals surface area contributed by atoms with Gasteiger partial charge in [0.2, 0.25) is 0 Å². The average molecular weight is 315 g/mol. The molecule has 0 radical (unpaired) electrons. The second-order valence-electron chi connectivity index (χ2n) is 5.50. The third kappa shape index (κ3) is 2.77. The van der Waals surface area contributed by atoms with Crippen LogP contribution in [-0.2, 0) is 7.05 Å². The Labute approximate surface area is 132 Å². The zero-order valence-corrected chi connectivity index (χ0v) is 12.9. The Morgan fingerprint density at radius 1 is 0.957 bits per heavy atom. The van der Waals surface area contributed by atoms with E-state index in [4.69, 9.17) is 0 Å². The zero-order valence-electron chi connectivity index (χ0n) is 12.9. The molecule has 0 unspecified atom stereocenters. The topological polar surface area (TPSA) is 4.93 Å². The zero-order chi connectivity index (χ0) is 16.6. The van der Waals surface area contributed by atoms with Gasteiger partial charge in [-0.1, -0.05) is 48.5 Å². The van der Waals surface area contributed by atoms with Crippen molar-refractivity contribution in [3.05, 3.63) is 71.4 Å². The molecule has 0 atom stereocenters. The quantitative estimate of drug-likeness (QED) is 0.581. The Hall–Kier alpha value is -2.49. The van der Waals surface area contributed by atoms with E-state index in [2.05, 4.69) is 0 Å². The summed E-state index contributed by atoms with van der Waals surface area (Å²) in [7, 11) is 1.79. The van der Waals surface area contributed by atoms with Crippen LogP contribution >= 0.6 is 0 Å². The van der Waals surface area contributed by atoms with Gasteiger partial charge in [0.15, 0.2) is 0 Å². The van der Waals surface area contributed by atoms with Crippen molar-refractivity contribution in [3.63, 3.8) is 0 Å². The summed E-state index contributed by atoms with van der Waals surface area (Å²) in [5.41, 5.74) is 1.57. The second kappa shape index (κ2) is 5.61. The molecular weight excluding hydrogens is 299 g/mol. The van der Waals surface area contributed by atoms with Gasteiger partial charge >= 0.3 is 6.18 Å². The molecule has 1 nitrogen and oxygen atoms in total. The first-order valence-electron chi connectivity index (χ1n) is 7.28. The van der Waals surface area contributed by atoms with Crippen LogP contribution in [0.15, 0.2) is 54.6 Å². The first kappa shape index (κ1) is 15.4. The highest BCUT2D eigenvalue weighted by molar-refractivity contribution is 6.00. The minimum Gasteiger partial charge on any atom is -0.347 e. The van der Waals surface area contributed by atoms with Crippen LogP contribution in [0, 0.1) is 6.92 Å². The molecule has 0 aliphatic carbocycles. The van der Waals surface area contributed by atoms with E-state index < -0.39 is 11.7 Å². The van der Waals surface area contributed by atoms with E-state index >= 15 is 0 Å². The van der Waals surface area contributed by atoms with Crippen molar-refractivity contribution in [2.24, 2.45) is 7.05 Å². The predicted octanol–water partition coefficient (Wildman–Crippen LogP) is 5.59. The maximum Gasteiger partial charge on any atom is 0.417 e. The van der Waals surface area contributed by atoms with Crippen LogP contribution in [0.3, 0.4) is 0 Å². The number of halogens is 3. The van der Waals surface area contributed by atoms with E-state index in [9.17, 15) is 13.2 Å². The molecule has 3 aromatic rings. The molecule has 4 heteroatoms. The lowest BCUT2D eigenvalue weighted by Gasteiger charge is -2.13. The number of aromatic nitrogens is 1. The Morgan fingerprint density at radius 2 is 1.57 bits per heavy atom. The fourth-order valence-electron chi connectivity index (χ4n) is 2.87. The van der Waals surface area contributed by atoms with Crippen LogP contribution in [0.1, 0.15) is 16.8 Å². The average Bonchev–Trinajstić information content (AvgIpc) is 2.77. The molecule has 3 rings (SSSR count). The lowest BCUT2D eigenvalue weighted by Crippen LogP contribution is -2.11. The fraction of sp³-hybridized carbons (Fsp3) is 0.158. The Morgan fingerprint density at radius 3 is 2.22 bits per heavy atom. The van der Waals surface area contributed by atoms with Gasteiger partial charge in [-0.3, -0.25) is 0 Å². The van der Waals surface area contributed by atoms with Gasteiger partial charge in [-0.05, 0) is 24.6 Å². The molecule has 0 amide bonds. The van der Waals surface area contributed by atoms with E-state index in [-0.39, 0.29) is 5.56 Å². The highest BCUT2D eigenvalue weighted by Gasteiger charge is 2.37. The van der Waals surface area contributed by atoms with Gasteiger partial charge in [0.05, 0.1) is 5.57 Å². The van der Waals surface area contributed by atoms with Gasteiger partial charge in [0.25, 0.3) is 0 Å². The molecule has 0 aliphatic rings. The minimum atomic E-state index is -4.43. The number of rotatable bonds is 2. The summed E-state index contributed by atoms with van der Waals surface area (Å²) in [6.45, 7) is 1.72. The Kier molecular flexibility index (Phi) is 3.76. The van der Waals surface area contributed by atoms with E-state index in [0.717, 1.165) is 5.52 Å². The molecule has 0 bridgehead atoms. The standard InChI is InChI=1S/C19H16F3N/c1-13-18(15-10-6-7-11-17(15)23(13)2)16(19(20,21)22)12-14-8-4-3-5-9-14/h3-12H,1-2H3/b16-12+. The van der Waals surface area contributed by atoms with Crippen molar-refractivity contribution in [1.29, 1.82) is 0 Å². The van der Waals surface area contributed by atoms with Gasteiger partial charge < -0.3 is 4.57 Å². The van der Waals surface area contributed by atoms with Crippen LogP contribution in [0.25, 0.3) is 22.6 Å². The van der Waals surface area contributed by atoms with E-state index in [1.165, 1.54) is 6.08 Å². The third-order valence-electron chi connectivity index (χ3n) is 4.08. The summed E-state index contributed by atoms with van der Waals surface area (Å²) in [5, 5.41) is 0.618. The van der Waals surface area contributed by atoms with Crippen LogP contribution in [0.5, 0.6) is 0 Å². The number of fused-ring (bicyclic) bond motifs is 1. The SMILES string of the molecule is Cc1c(/C(=C\c2ccccc2)C(F)(F)F)c2ccccc2n1C.